The third kappa shape index (κ3) is 3.52. The number of hydrogen-bond donors (Lipinski definition) is 0. The van der Waals surface area contributed by atoms with Crippen molar-refractivity contribution in [2.24, 2.45) is 10.9 Å². The van der Waals surface area contributed by atoms with E-state index in [4.69, 9.17) is 9.47 Å². The van der Waals surface area contributed by atoms with Gasteiger partial charge in [0.1, 0.15) is 4.38 Å². The van der Waals surface area contributed by atoms with Gasteiger partial charge in [-0.2, -0.15) is 0 Å². The van der Waals surface area contributed by atoms with E-state index in [1.54, 1.807) is 6.07 Å². The Morgan fingerprint density at radius 1 is 1.29 bits per heavy atom. The van der Waals surface area contributed by atoms with Crippen molar-refractivity contribution >= 4 is 33.8 Å². The van der Waals surface area contributed by atoms with E-state index in [0.29, 0.717) is 17.2 Å². The molecule has 3 heterocycles. The van der Waals surface area contributed by atoms with Gasteiger partial charge >= 0.3 is 0 Å². The van der Waals surface area contributed by atoms with Gasteiger partial charge in [-0.1, -0.05) is 23.5 Å². The maximum absolute atomic E-state index is 12.7. The Balaban J connectivity index is 1.29. The first-order valence-corrected chi connectivity index (χ1v) is 10.3. The fraction of sp³-hybridized carbons (Fsp3) is 0.529. The lowest BCUT2D eigenvalue weighted by atomic mass is 9.98. The molecule has 1 fully saturated rings. The highest BCUT2D eigenvalue weighted by molar-refractivity contribution is 8.39. The standard InChI is InChI=1S/C17H20N2O3S2/c20-16(13-1-2-14-15(9-13)22-11-21-14)19-6-3-12(4-7-19)10-24-17-18-5-8-23-17/h1-2,9,12H,3-8,10-11H2. The van der Waals surface area contributed by atoms with Crippen LogP contribution in [-0.2, 0) is 0 Å². The molecular weight excluding hydrogens is 344 g/mol. The fourth-order valence-corrected chi connectivity index (χ4v) is 5.33. The molecule has 0 radical (unpaired) electrons. The minimum atomic E-state index is 0.0927. The highest BCUT2D eigenvalue weighted by Crippen LogP contribution is 2.33. The predicted molar refractivity (Wildman–Crippen MR) is 98.4 cm³/mol. The van der Waals surface area contributed by atoms with Gasteiger partial charge in [0.2, 0.25) is 6.79 Å². The number of benzene rings is 1. The molecule has 0 aromatic heterocycles. The summed E-state index contributed by atoms with van der Waals surface area (Å²) in [4.78, 5) is 19.1. The van der Waals surface area contributed by atoms with Crippen LogP contribution in [0.15, 0.2) is 23.2 Å². The van der Waals surface area contributed by atoms with E-state index in [1.165, 1.54) is 4.38 Å². The number of hydrogen-bond acceptors (Lipinski definition) is 6. The summed E-state index contributed by atoms with van der Waals surface area (Å²) in [6.45, 7) is 2.87. The largest absolute Gasteiger partial charge is 0.454 e. The van der Waals surface area contributed by atoms with E-state index in [0.717, 1.165) is 49.7 Å². The number of aliphatic imine (C=N–C) groups is 1. The topological polar surface area (TPSA) is 51.1 Å². The van der Waals surface area contributed by atoms with Crippen LogP contribution in [0.25, 0.3) is 0 Å². The molecule has 3 aliphatic heterocycles. The lowest BCUT2D eigenvalue weighted by Gasteiger charge is -2.32. The Labute approximate surface area is 150 Å². The zero-order chi connectivity index (χ0) is 16.4. The third-order valence-corrected chi connectivity index (χ3v) is 7.01. The smallest absolute Gasteiger partial charge is 0.253 e. The van der Waals surface area contributed by atoms with Gasteiger partial charge in [-0.25, -0.2) is 0 Å². The van der Waals surface area contributed by atoms with Crippen molar-refractivity contribution < 1.29 is 14.3 Å². The van der Waals surface area contributed by atoms with Crippen LogP contribution in [0.4, 0.5) is 0 Å². The van der Waals surface area contributed by atoms with Gasteiger partial charge in [0.25, 0.3) is 5.91 Å². The molecule has 7 heteroatoms. The number of amides is 1. The maximum Gasteiger partial charge on any atom is 0.253 e. The first kappa shape index (κ1) is 16.1. The molecule has 0 N–H and O–H groups in total. The SMILES string of the molecule is O=C(c1ccc2c(c1)OCO2)N1CCC(CSC2=NCCS2)CC1. The maximum atomic E-state index is 12.7. The first-order valence-electron chi connectivity index (χ1n) is 8.28. The summed E-state index contributed by atoms with van der Waals surface area (Å²) in [5.41, 5.74) is 0.684. The zero-order valence-corrected chi connectivity index (χ0v) is 15.0. The Morgan fingerprint density at radius 2 is 2.12 bits per heavy atom. The highest BCUT2D eigenvalue weighted by atomic mass is 32.2. The Kier molecular flexibility index (Phi) is 4.89. The summed E-state index contributed by atoms with van der Waals surface area (Å²) >= 11 is 3.76. The molecule has 128 valence electrons. The Hall–Kier alpha value is -1.34. The quantitative estimate of drug-likeness (QED) is 0.825. The molecule has 0 atom stereocenters. The van der Waals surface area contributed by atoms with E-state index in [2.05, 4.69) is 4.99 Å². The van der Waals surface area contributed by atoms with Crippen molar-refractivity contribution in [2.75, 3.05) is 37.9 Å². The van der Waals surface area contributed by atoms with Crippen molar-refractivity contribution in [3.05, 3.63) is 23.8 Å². The van der Waals surface area contributed by atoms with Crippen LogP contribution in [0.1, 0.15) is 23.2 Å². The second-order valence-electron chi connectivity index (χ2n) is 6.11. The second kappa shape index (κ2) is 7.27. The van der Waals surface area contributed by atoms with Crippen molar-refractivity contribution in [3.8, 4) is 11.5 Å². The Bertz CT molecular complexity index is 657. The van der Waals surface area contributed by atoms with Crippen molar-refractivity contribution in [1.29, 1.82) is 0 Å². The summed E-state index contributed by atoms with van der Waals surface area (Å²) in [5, 5.41) is 0. The van der Waals surface area contributed by atoms with E-state index < -0.39 is 0 Å². The highest BCUT2D eigenvalue weighted by Gasteiger charge is 2.25. The molecule has 1 aromatic carbocycles. The fourth-order valence-electron chi connectivity index (χ4n) is 3.11. The average Bonchev–Trinajstić information content (AvgIpc) is 3.30. The molecule has 0 saturated carbocycles. The van der Waals surface area contributed by atoms with Crippen LogP contribution in [0, 0.1) is 5.92 Å². The van der Waals surface area contributed by atoms with Crippen LogP contribution in [-0.4, -0.2) is 53.1 Å². The molecule has 0 aliphatic carbocycles. The van der Waals surface area contributed by atoms with E-state index in [-0.39, 0.29) is 12.7 Å². The van der Waals surface area contributed by atoms with Gasteiger partial charge < -0.3 is 14.4 Å². The number of nitrogens with zero attached hydrogens (tertiary/aromatic N) is 2. The number of thioether (sulfide) groups is 2. The molecular formula is C17H20N2O3S2. The van der Waals surface area contributed by atoms with Crippen LogP contribution in [0.2, 0.25) is 0 Å². The Morgan fingerprint density at radius 3 is 2.92 bits per heavy atom. The van der Waals surface area contributed by atoms with Crippen LogP contribution in [0.5, 0.6) is 11.5 Å². The monoisotopic (exact) mass is 364 g/mol. The minimum absolute atomic E-state index is 0.0927. The number of rotatable bonds is 3. The molecule has 0 spiro atoms. The molecule has 1 saturated heterocycles. The lowest BCUT2D eigenvalue weighted by Crippen LogP contribution is -2.39. The van der Waals surface area contributed by atoms with Gasteiger partial charge in [0.15, 0.2) is 11.5 Å². The van der Waals surface area contributed by atoms with E-state index in [1.807, 2.05) is 40.6 Å². The van der Waals surface area contributed by atoms with Crippen molar-refractivity contribution in [3.63, 3.8) is 0 Å². The number of ether oxygens (including phenoxy) is 2. The number of fused-ring (bicyclic) bond motifs is 1. The van der Waals surface area contributed by atoms with Gasteiger partial charge in [0.05, 0.1) is 6.54 Å². The normalized spacial score (nSPS) is 20.3. The predicted octanol–water partition coefficient (Wildman–Crippen LogP) is 3.10. The lowest BCUT2D eigenvalue weighted by molar-refractivity contribution is 0.0698. The van der Waals surface area contributed by atoms with Crippen molar-refractivity contribution in [1.82, 2.24) is 4.90 Å². The molecule has 0 unspecified atom stereocenters. The van der Waals surface area contributed by atoms with Gasteiger partial charge in [-0.3, -0.25) is 9.79 Å². The van der Waals surface area contributed by atoms with Crippen LogP contribution < -0.4 is 9.47 Å². The molecule has 5 nitrogen and oxygen atoms in total. The molecule has 1 aromatic rings. The second-order valence-corrected chi connectivity index (χ2v) is 8.46. The summed E-state index contributed by atoms with van der Waals surface area (Å²) in [6, 6.07) is 5.44. The third-order valence-electron chi connectivity index (χ3n) is 4.52. The zero-order valence-electron chi connectivity index (χ0n) is 13.4. The first-order chi connectivity index (χ1) is 11.8. The van der Waals surface area contributed by atoms with E-state index in [9.17, 15) is 4.79 Å². The molecule has 24 heavy (non-hydrogen) atoms. The minimum Gasteiger partial charge on any atom is -0.454 e. The number of likely N-dealkylation sites (tertiary alicyclic amines) is 1. The summed E-state index contributed by atoms with van der Waals surface area (Å²) < 4.78 is 11.9. The molecule has 1 amide bonds. The number of carbonyl (C=O) groups excluding carboxylic acids is 1. The van der Waals surface area contributed by atoms with Crippen LogP contribution in [0.3, 0.4) is 0 Å². The average molecular weight is 364 g/mol. The molecule has 4 rings (SSSR count). The van der Waals surface area contributed by atoms with Gasteiger partial charge in [-0.15, -0.1) is 0 Å². The van der Waals surface area contributed by atoms with Crippen LogP contribution >= 0.6 is 23.5 Å². The summed E-state index contributed by atoms with van der Waals surface area (Å²) in [5.74, 6) is 4.41. The number of carbonyl (C=O) groups is 1. The molecule has 0 bridgehead atoms. The summed E-state index contributed by atoms with van der Waals surface area (Å²) in [7, 11) is 0. The van der Waals surface area contributed by atoms with Crippen molar-refractivity contribution in [2.45, 2.75) is 12.8 Å². The van der Waals surface area contributed by atoms with Gasteiger partial charge in [-0.05, 0) is 37.0 Å². The summed E-state index contributed by atoms with van der Waals surface area (Å²) in [6.07, 6.45) is 2.14. The van der Waals surface area contributed by atoms with E-state index >= 15 is 0 Å². The molecule has 3 aliphatic rings. The number of piperidine rings is 1. The van der Waals surface area contributed by atoms with Gasteiger partial charge in [0, 0.05) is 30.2 Å².